The Labute approximate surface area is 150 Å². The number of hydrogen-bond acceptors (Lipinski definition) is 1. The van der Waals surface area contributed by atoms with Gasteiger partial charge >= 0.3 is 0 Å². The first-order chi connectivity index (χ1) is 12.2. The predicted molar refractivity (Wildman–Crippen MR) is 100 cm³/mol. The van der Waals surface area contributed by atoms with Gasteiger partial charge in [-0.2, -0.15) is 5.26 Å². The summed E-state index contributed by atoms with van der Waals surface area (Å²) >= 11 is 0. The molecule has 1 nitrogen and oxygen atoms in total. The van der Waals surface area contributed by atoms with Gasteiger partial charge in [0, 0.05) is 0 Å². The molecule has 25 heavy (non-hydrogen) atoms. The van der Waals surface area contributed by atoms with E-state index in [-0.39, 0.29) is 11.7 Å². The number of benzene rings is 2. The van der Waals surface area contributed by atoms with Crippen molar-refractivity contribution in [2.75, 3.05) is 0 Å². The maximum absolute atomic E-state index is 14.7. The fourth-order valence-electron chi connectivity index (χ4n) is 3.90. The van der Waals surface area contributed by atoms with Gasteiger partial charge in [-0.3, -0.25) is 0 Å². The van der Waals surface area contributed by atoms with Crippen LogP contribution in [0.3, 0.4) is 0 Å². The van der Waals surface area contributed by atoms with Crippen molar-refractivity contribution in [2.24, 2.45) is 0 Å². The van der Waals surface area contributed by atoms with Crippen LogP contribution in [-0.4, -0.2) is 0 Å². The van der Waals surface area contributed by atoms with Gasteiger partial charge in [0.25, 0.3) is 0 Å². The Morgan fingerprint density at radius 1 is 1.08 bits per heavy atom. The summed E-state index contributed by atoms with van der Waals surface area (Å²) in [7, 11) is 0. The monoisotopic (exact) mass is 335 g/mol. The number of hydrogen-bond donors (Lipinski definition) is 0. The van der Waals surface area contributed by atoms with Crippen molar-refractivity contribution in [3.05, 3.63) is 70.0 Å². The molecule has 1 aliphatic carbocycles. The van der Waals surface area contributed by atoms with E-state index in [0.29, 0.717) is 0 Å². The maximum atomic E-state index is 14.7. The molecule has 2 heteroatoms. The zero-order valence-electron chi connectivity index (χ0n) is 15.0. The molecular formula is C23H26FN. The molecule has 3 rings (SSSR count). The van der Waals surface area contributed by atoms with Crippen LogP contribution in [0.15, 0.2) is 36.4 Å². The van der Waals surface area contributed by atoms with E-state index in [1.165, 1.54) is 30.4 Å². The van der Waals surface area contributed by atoms with Crippen molar-refractivity contribution < 1.29 is 4.39 Å². The van der Waals surface area contributed by atoms with Crippen LogP contribution in [0.1, 0.15) is 72.8 Å². The van der Waals surface area contributed by atoms with Crippen molar-refractivity contribution in [1.29, 1.82) is 5.26 Å². The highest BCUT2D eigenvalue weighted by atomic mass is 19.1. The predicted octanol–water partition coefficient (Wildman–Crippen LogP) is 6.09. The third-order valence-corrected chi connectivity index (χ3v) is 5.39. The summed E-state index contributed by atoms with van der Waals surface area (Å²) in [6, 6.07) is 14.0. The van der Waals surface area contributed by atoms with Gasteiger partial charge < -0.3 is 0 Å². The number of nitriles is 1. The molecule has 0 fully saturated rings. The first-order valence-corrected chi connectivity index (χ1v) is 9.51. The molecule has 2 aromatic rings. The van der Waals surface area contributed by atoms with Crippen LogP contribution in [0.25, 0.3) is 0 Å². The van der Waals surface area contributed by atoms with Crippen LogP contribution in [-0.2, 0) is 19.3 Å². The molecule has 0 N–H and O–H groups in total. The van der Waals surface area contributed by atoms with E-state index in [1.54, 1.807) is 6.07 Å². The Morgan fingerprint density at radius 3 is 2.72 bits per heavy atom. The van der Waals surface area contributed by atoms with E-state index >= 15 is 0 Å². The quantitative estimate of drug-likeness (QED) is 0.586. The van der Waals surface area contributed by atoms with E-state index in [0.717, 1.165) is 48.8 Å². The molecule has 0 radical (unpaired) electrons. The summed E-state index contributed by atoms with van der Waals surface area (Å²) in [5.74, 6) is 0.199. The van der Waals surface area contributed by atoms with Gasteiger partial charge in [-0.1, -0.05) is 44.4 Å². The number of fused-ring (bicyclic) bond motifs is 1. The Morgan fingerprint density at radius 2 is 1.96 bits per heavy atom. The lowest BCUT2D eigenvalue weighted by Gasteiger charge is -2.25. The molecule has 0 aliphatic heterocycles. The van der Waals surface area contributed by atoms with Gasteiger partial charge in [0.05, 0.1) is 11.6 Å². The van der Waals surface area contributed by atoms with Gasteiger partial charge in [-0.15, -0.1) is 0 Å². The zero-order valence-corrected chi connectivity index (χ0v) is 15.0. The molecule has 0 aromatic heterocycles. The van der Waals surface area contributed by atoms with E-state index in [9.17, 15) is 4.39 Å². The normalized spacial score (nSPS) is 16.3. The number of rotatable bonds is 6. The van der Waals surface area contributed by atoms with Crippen LogP contribution in [0.5, 0.6) is 0 Å². The summed E-state index contributed by atoms with van der Waals surface area (Å²) in [5.41, 5.74) is 5.21. The number of nitrogens with zero attached hydrogens (tertiary/aromatic N) is 1. The second-order valence-corrected chi connectivity index (χ2v) is 7.20. The minimum Gasteiger partial charge on any atom is -0.207 e. The van der Waals surface area contributed by atoms with Crippen LogP contribution in [0, 0.1) is 17.1 Å². The third-order valence-electron chi connectivity index (χ3n) is 5.39. The summed E-state index contributed by atoms with van der Waals surface area (Å²) in [4.78, 5) is 0. The van der Waals surface area contributed by atoms with Crippen molar-refractivity contribution in [3.8, 4) is 6.07 Å². The van der Waals surface area contributed by atoms with E-state index in [1.807, 2.05) is 24.3 Å². The van der Waals surface area contributed by atoms with E-state index in [4.69, 9.17) is 5.26 Å². The second kappa shape index (κ2) is 8.30. The average Bonchev–Trinajstić information content (AvgIpc) is 2.64. The molecule has 0 saturated heterocycles. The van der Waals surface area contributed by atoms with Crippen LogP contribution in [0.2, 0.25) is 0 Å². The molecule has 1 unspecified atom stereocenters. The lowest BCUT2D eigenvalue weighted by molar-refractivity contribution is 0.532. The Bertz CT molecular complexity index is 772. The lowest BCUT2D eigenvalue weighted by Crippen LogP contribution is -2.14. The first-order valence-electron chi connectivity index (χ1n) is 9.51. The zero-order chi connectivity index (χ0) is 17.6. The summed E-state index contributed by atoms with van der Waals surface area (Å²) < 4.78 is 14.7. The van der Waals surface area contributed by atoms with Crippen molar-refractivity contribution >= 4 is 0 Å². The van der Waals surface area contributed by atoms with Crippen molar-refractivity contribution in [2.45, 2.75) is 64.2 Å². The largest absolute Gasteiger partial charge is 0.207 e. The van der Waals surface area contributed by atoms with Crippen LogP contribution >= 0.6 is 0 Å². The molecule has 0 saturated carbocycles. The van der Waals surface area contributed by atoms with Gasteiger partial charge in [-0.05, 0) is 78.5 Å². The first kappa shape index (κ1) is 17.7. The molecule has 0 spiro atoms. The Balaban J connectivity index is 1.69. The minimum atomic E-state index is -0.0462. The Kier molecular flexibility index (Phi) is 5.87. The van der Waals surface area contributed by atoms with E-state index < -0.39 is 0 Å². The van der Waals surface area contributed by atoms with Crippen molar-refractivity contribution in [1.82, 2.24) is 0 Å². The fourth-order valence-corrected chi connectivity index (χ4v) is 3.90. The molecule has 0 heterocycles. The molecule has 2 aromatic carbocycles. The SMILES string of the molecule is CCCCCCc1ccc(C2CCc3cc(C#N)ccc3C2)c(F)c1. The highest BCUT2D eigenvalue weighted by molar-refractivity contribution is 5.41. The summed E-state index contributed by atoms with van der Waals surface area (Å²) in [6.07, 6.45) is 8.58. The molecular weight excluding hydrogens is 309 g/mol. The number of aryl methyl sites for hydroxylation is 2. The third kappa shape index (κ3) is 4.28. The molecule has 130 valence electrons. The summed E-state index contributed by atoms with van der Waals surface area (Å²) in [5, 5.41) is 9.02. The molecule has 1 aliphatic rings. The van der Waals surface area contributed by atoms with Gasteiger partial charge in [0.15, 0.2) is 0 Å². The van der Waals surface area contributed by atoms with Gasteiger partial charge in [-0.25, -0.2) is 4.39 Å². The van der Waals surface area contributed by atoms with Gasteiger partial charge in [0.2, 0.25) is 0 Å². The van der Waals surface area contributed by atoms with Crippen LogP contribution in [0.4, 0.5) is 4.39 Å². The second-order valence-electron chi connectivity index (χ2n) is 7.20. The topological polar surface area (TPSA) is 23.8 Å². The highest BCUT2D eigenvalue weighted by Gasteiger charge is 2.22. The smallest absolute Gasteiger partial charge is 0.126 e. The molecule has 0 bridgehead atoms. The van der Waals surface area contributed by atoms with Gasteiger partial charge in [0.1, 0.15) is 5.82 Å². The minimum absolute atomic E-state index is 0.0462. The molecule has 0 amide bonds. The van der Waals surface area contributed by atoms with Crippen molar-refractivity contribution in [3.63, 3.8) is 0 Å². The highest BCUT2D eigenvalue weighted by Crippen LogP contribution is 2.34. The number of unbranched alkanes of at least 4 members (excludes halogenated alkanes) is 3. The maximum Gasteiger partial charge on any atom is 0.126 e. The molecule has 1 atom stereocenters. The van der Waals surface area contributed by atoms with E-state index in [2.05, 4.69) is 19.1 Å². The Hall–Kier alpha value is -2.14. The number of halogens is 1. The summed E-state index contributed by atoms with van der Waals surface area (Å²) in [6.45, 7) is 2.21. The lowest BCUT2D eigenvalue weighted by atomic mass is 9.79. The average molecular weight is 335 g/mol. The standard InChI is InChI=1S/C23H26FN/c1-2-3-4-5-6-17-8-12-22(23(24)14-17)21-11-10-19-13-18(16-25)7-9-20(19)15-21/h7-9,12-14,21H,2-6,10-11,15H2,1H3. The van der Waals surface area contributed by atoms with Crippen LogP contribution < -0.4 is 0 Å². The fraction of sp³-hybridized carbons (Fsp3) is 0.435.